The van der Waals surface area contributed by atoms with Crippen molar-refractivity contribution in [2.75, 3.05) is 21.3 Å². The second-order valence-electron chi connectivity index (χ2n) is 8.19. The van der Waals surface area contributed by atoms with Gasteiger partial charge < -0.3 is 19.1 Å². The molecule has 3 heterocycles. The smallest absolute Gasteiger partial charge is 0.272 e. The van der Waals surface area contributed by atoms with Crippen molar-refractivity contribution in [1.82, 2.24) is 20.2 Å². The number of ether oxygens (including phenoxy) is 3. The minimum absolute atomic E-state index is 0.00812. The molecule has 1 aliphatic carbocycles. The van der Waals surface area contributed by atoms with Crippen LogP contribution in [-0.4, -0.2) is 53.9 Å². The average Bonchev–Trinajstić information content (AvgIpc) is 3.44. The number of aromatic nitrogens is 1. The first-order valence-electron chi connectivity index (χ1n) is 11.4. The number of benzene rings is 1. The highest BCUT2D eigenvalue weighted by Gasteiger charge is 2.42. The van der Waals surface area contributed by atoms with Crippen LogP contribution < -0.4 is 19.6 Å². The number of fused-ring (bicyclic) bond motifs is 2. The molecule has 3 aliphatic rings. The summed E-state index contributed by atoms with van der Waals surface area (Å²) in [5, 5.41) is 4.29. The number of carbonyl (C=O) groups excluding carboxylic acids is 1. The zero-order chi connectivity index (χ0) is 24.4. The molecule has 0 bridgehead atoms. The molecule has 9 nitrogen and oxygen atoms in total. The van der Waals surface area contributed by atoms with Gasteiger partial charge in [-0.15, -0.1) is 0 Å². The SMILES string of the molecule is COc1cc(C2=CN3C4=C(CCCC4)SC3N2C=NNC(=O)c2cccnc2)cc(OC)c1OC. The van der Waals surface area contributed by atoms with Gasteiger partial charge in [-0.05, 0) is 49.9 Å². The van der Waals surface area contributed by atoms with Crippen LogP contribution in [0.25, 0.3) is 5.70 Å². The third-order valence-corrected chi connectivity index (χ3v) is 7.59. The van der Waals surface area contributed by atoms with Crippen molar-refractivity contribution in [2.24, 2.45) is 5.10 Å². The summed E-state index contributed by atoms with van der Waals surface area (Å²) >= 11 is 1.83. The van der Waals surface area contributed by atoms with Gasteiger partial charge in [-0.2, -0.15) is 5.10 Å². The van der Waals surface area contributed by atoms with E-state index in [2.05, 4.69) is 31.5 Å². The number of rotatable bonds is 7. The lowest BCUT2D eigenvalue weighted by Gasteiger charge is -2.26. The van der Waals surface area contributed by atoms with Crippen molar-refractivity contribution in [3.8, 4) is 17.2 Å². The van der Waals surface area contributed by atoms with E-state index in [-0.39, 0.29) is 11.4 Å². The molecule has 1 aromatic carbocycles. The monoisotopic (exact) mass is 493 g/mol. The fraction of sp³-hybridized carbons (Fsp3) is 0.320. The summed E-state index contributed by atoms with van der Waals surface area (Å²) < 4.78 is 16.7. The third kappa shape index (κ3) is 4.29. The number of carbonyl (C=O) groups is 1. The van der Waals surface area contributed by atoms with Crippen molar-refractivity contribution < 1.29 is 19.0 Å². The lowest BCUT2D eigenvalue weighted by Crippen LogP contribution is -2.33. The molecule has 1 amide bonds. The number of pyridine rings is 1. The maximum atomic E-state index is 12.5. The number of hydrazone groups is 1. The van der Waals surface area contributed by atoms with E-state index in [9.17, 15) is 4.79 Å². The molecule has 1 aromatic heterocycles. The molecule has 2 aromatic rings. The van der Waals surface area contributed by atoms with Gasteiger partial charge in [-0.25, -0.2) is 5.43 Å². The molecule has 5 rings (SSSR count). The molecule has 35 heavy (non-hydrogen) atoms. The Morgan fingerprint density at radius 3 is 2.63 bits per heavy atom. The summed E-state index contributed by atoms with van der Waals surface area (Å²) in [6.45, 7) is 0. The van der Waals surface area contributed by atoms with E-state index >= 15 is 0 Å². The van der Waals surface area contributed by atoms with Gasteiger partial charge in [0.1, 0.15) is 6.34 Å². The van der Waals surface area contributed by atoms with Gasteiger partial charge in [0.2, 0.25) is 5.75 Å². The second-order valence-corrected chi connectivity index (χ2v) is 9.34. The largest absolute Gasteiger partial charge is 0.493 e. The number of nitrogens with zero attached hydrogens (tertiary/aromatic N) is 4. The molecule has 10 heteroatoms. The van der Waals surface area contributed by atoms with Crippen LogP contribution in [0.15, 0.2) is 58.6 Å². The summed E-state index contributed by atoms with van der Waals surface area (Å²) in [5.74, 6) is 1.36. The molecule has 1 N–H and O–H groups in total. The maximum absolute atomic E-state index is 12.5. The lowest BCUT2D eigenvalue weighted by molar-refractivity contribution is 0.0954. The maximum Gasteiger partial charge on any atom is 0.272 e. The molecule has 0 spiro atoms. The van der Waals surface area contributed by atoms with Crippen molar-refractivity contribution >= 4 is 29.7 Å². The highest BCUT2D eigenvalue weighted by atomic mass is 32.2. The van der Waals surface area contributed by atoms with Crippen LogP contribution in [0.2, 0.25) is 0 Å². The minimum Gasteiger partial charge on any atom is -0.493 e. The predicted molar refractivity (Wildman–Crippen MR) is 135 cm³/mol. The van der Waals surface area contributed by atoms with Crippen LogP contribution in [-0.2, 0) is 0 Å². The van der Waals surface area contributed by atoms with Crippen LogP contribution in [0.1, 0.15) is 41.6 Å². The number of thioether (sulfide) groups is 1. The zero-order valence-electron chi connectivity index (χ0n) is 19.9. The predicted octanol–water partition coefficient (Wildman–Crippen LogP) is 4.21. The zero-order valence-corrected chi connectivity index (χ0v) is 20.7. The molecule has 1 unspecified atom stereocenters. The van der Waals surface area contributed by atoms with E-state index < -0.39 is 0 Å². The Hall–Kier alpha value is -3.66. The Bertz CT molecular complexity index is 1190. The number of methoxy groups -OCH3 is 3. The molecule has 0 radical (unpaired) electrons. The quantitative estimate of drug-likeness (QED) is 0.349. The number of amides is 1. The van der Waals surface area contributed by atoms with Crippen LogP contribution in [0.4, 0.5) is 0 Å². The van der Waals surface area contributed by atoms with E-state index in [0.29, 0.717) is 22.8 Å². The van der Waals surface area contributed by atoms with Crippen molar-refractivity contribution in [2.45, 2.75) is 31.2 Å². The fourth-order valence-corrected chi connectivity index (χ4v) is 5.96. The highest BCUT2D eigenvalue weighted by molar-refractivity contribution is 8.03. The molecule has 1 atom stereocenters. The summed E-state index contributed by atoms with van der Waals surface area (Å²) in [5.41, 5.74) is 6.22. The van der Waals surface area contributed by atoms with E-state index in [1.165, 1.54) is 29.6 Å². The summed E-state index contributed by atoms with van der Waals surface area (Å²) in [6, 6.07) is 7.26. The first-order chi connectivity index (χ1) is 17.1. The number of hydrogen-bond donors (Lipinski definition) is 1. The second kappa shape index (κ2) is 9.91. The van der Waals surface area contributed by atoms with Gasteiger partial charge >= 0.3 is 0 Å². The van der Waals surface area contributed by atoms with Gasteiger partial charge in [-0.3, -0.25) is 14.7 Å². The van der Waals surface area contributed by atoms with E-state index in [0.717, 1.165) is 24.1 Å². The van der Waals surface area contributed by atoms with Crippen LogP contribution in [0.3, 0.4) is 0 Å². The lowest BCUT2D eigenvalue weighted by atomic mass is 10.0. The number of hydrogen-bond acceptors (Lipinski definition) is 8. The topological polar surface area (TPSA) is 88.5 Å². The molecule has 2 aliphatic heterocycles. The Morgan fingerprint density at radius 1 is 1.17 bits per heavy atom. The summed E-state index contributed by atoms with van der Waals surface area (Å²) in [6.07, 6.45) is 11.5. The van der Waals surface area contributed by atoms with E-state index in [1.54, 1.807) is 46.0 Å². The van der Waals surface area contributed by atoms with Crippen LogP contribution in [0.5, 0.6) is 17.2 Å². The Kier molecular flexibility index (Phi) is 6.54. The fourth-order valence-electron chi connectivity index (χ4n) is 4.51. The van der Waals surface area contributed by atoms with Gasteiger partial charge in [-0.1, -0.05) is 11.8 Å². The molecule has 0 saturated carbocycles. The first-order valence-corrected chi connectivity index (χ1v) is 12.2. The molecule has 0 fully saturated rings. The number of allylic oxidation sites excluding steroid dienone is 2. The third-order valence-electron chi connectivity index (χ3n) is 6.20. The summed E-state index contributed by atoms with van der Waals surface area (Å²) in [7, 11) is 4.79. The van der Waals surface area contributed by atoms with Gasteiger partial charge in [0, 0.05) is 34.8 Å². The van der Waals surface area contributed by atoms with Gasteiger partial charge in [0.15, 0.2) is 17.0 Å². The standard InChI is InChI=1S/C25H27N5O4S/c1-32-20-11-17(12-21(33-2)23(20)34-3)19-14-29-18-8-4-5-9-22(18)35-25(29)30(19)15-27-28-24(31)16-7-6-10-26-13-16/h6-7,10-15,25H,4-5,8-9H2,1-3H3,(H,28,31). The van der Waals surface area contributed by atoms with Crippen molar-refractivity contribution in [3.63, 3.8) is 0 Å². The molecule has 0 saturated heterocycles. The van der Waals surface area contributed by atoms with Gasteiger partial charge in [0.05, 0.1) is 32.6 Å². The first kappa shape index (κ1) is 23.1. The van der Waals surface area contributed by atoms with Gasteiger partial charge in [0.25, 0.3) is 5.91 Å². The van der Waals surface area contributed by atoms with Crippen molar-refractivity contribution in [1.29, 1.82) is 0 Å². The normalized spacial score (nSPS) is 18.9. The molecular formula is C25H27N5O4S. The minimum atomic E-state index is -0.319. The van der Waals surface area contributed by atoms with E-state index in [1.807, 2.05) is 23.9 Å². The Balaban J connectivity index is 1.49. The average molecular weight is 494 g/mol. The highest BCUT2D eigenvalue weighted by Crippen LogP contribution is 2.52. The van der Waals surface area contributed by atoms with E-state index in [4.69, 9.17) is 14.2 Å². The van der Waals surface area contributed by atoms with Crippen LogP contribution >= 0.6 is 11.8 Å². The Morgan fingerprint density at radius 2 is 1.94 bits per heavy atom. The van der Waals surface area contributed by atoms with Crippen molar-refractivity contribution in [3.05, 3.63) is 64.6 Å². The van der Waals surface area contributed by atoms with Crippen LogP contribution in [0, 0.1) is 0 Å². The number of nitrogens with one attached hydrogen (secondary N) is 1. The Labute approximate surface area is 208 Å². The molecule has 182 valence electrons. The molecular weight excluding hydrogens is 466 g/mol. The summed E-state index contributed by atoms with van der Waals surface area (Å²) in [4.78, 5) is 22.3.